The van der Waals surface area contributed by atoms with Crippen molar-refractivity contribution in [1.29, 1.82) is 0 Å². The van der Waals surface area contributed by atoms with Gasteiger partial charge in [0.25, 0.3) is 5.91 Å². The fourth-order valence-electron chi connectivity index (χ4n) is 3.44. The van der Waals surface area contributed by atoms with Crippen molar-refractivity contribution in [1.82, 2.24) is 24.6 Å². The number of nitrogens with two attached hydrogens (primary N) is 1. The van der Waals surface area contributed by atoms with Crippen LogP contribution in [0.25, 0.3) is 0 Å². The largest absolute Gasteiger partial charge is 0.481 e. The number of nitrogens with zero attached hydrogens (tertiary/aromatic N) is 5. The normalized spacial score (nSPS) is 23.6. The Labute approximate surface area is 218 Å². The molecule has 0 aliphatic carbocycles. The topological polar surface area (TPSA) is 173 Å². The maximum absolute atomic E-state index is 12.9. The Morgan fingerprint density at radius 1 is 1.50 bits per heavy atom. The summed E-state index contributed by atoms with van der Waals surface area (Å²) in [6.07, 6.45) is 6.39. The molecule has 0 radical (unpaired) electrons. The Kier molecular flexibility index (Phi) is 7.91. The highest BCUT2D eigenvalue weighted by atomic mass is 32.2. The second kappa shape index (κ2) is 11.1. The minimum Gasteiger partial charge on any atom is -0.481 e. The molecule has 2 aliphatic heterocycles. The number of nitrogen functional groups attached to an aromatic ring is 1. The van der Waals surface area contributed by atoms with Crippen molar-refractivity contribution in [2.45, 2.75) is 16.3 Å². The van der Waals surface area contributed by atoms with Gasteiger partial charge in [-0.05, 0) is 17.5 Å². The molecule has 2 fully saturated rings. The lowest BCUT2D eigenvalue weighted by atomic mass is 9.87. The number of hydrogen-bond donors (Lipinski definition) is 3. The van der Waals surface area contributed by atoms with E-state index in [1.807, 2.05) is 6.07 Å². The molecule has 2 amide bonds. The minimum absolute atomic E-state index is 0.0110. The van der Waals surface area contributed by atoms with Gasteiger partial charge >= 0.3 is 5.97 Å². The monoisotopic (exact) mass is 547 g/mol. The van der Waals surface area contributed by atoms with Crippen LogP contribution in [0.5, 0.6) is 0 Å². The van der Waals surface area contributed by atoms with E-state index < -0.39 is 34.6 Å². The number of amides is 2. The molecule has 4 heterocycles. The number of β-lactam (4-membered cyclic amide) rings is 1. The zero-order chi connectivity index (χ0) is 25.7. The predicted octanol–water partition coefficient (Wildman–Crippen LogP) is 1.20. The van der Waals surface area contributed by atoms with Gasteiger partial charge in [-0.2, -0.15) is 9.36 Å². The molecule has 0 spiro atoms. The number of anilines is 1. The molecule has 0 saturated carbocycles. The van der Waals surface area contributed by atoms with Gasteiger partial charge in [0.05, 0.1) is 0 Å². The highest BCUT2D eigenvalue weighted by molar-refractivity contribution is 8.02. The van der Waals surface area contributed by atoms with E-state index in [0.717, 1.165) is 16.4 Å². The van der Waals surface area contributed by atoms with Gasteiger partial charge in [0, 0.05) is 41.1 Å². The van der Waals surface area contributed by atoms with Crippen molar-refractivity contribution in [2.24, 2.45) is 10.6 Å². The molecule has 12 nitrogen and oxygen atoms in total. The van der Waals surface area contributed by atoms with E-state index in [2.05, 4.69) is 31.4 Å². The molecule has 4 rings (SSSR count). The molecule has 2 saturated heterocycles. The Hall–Kier alpha value is -3.43. The van der Waals surface area contributed by atoms with Crippen molar-refractivity contribution in [3.8, 4) is 0 Å². The van der Waals surface area contributed by atoms with Crippen LogP contribution in [-0.4, -0.2) is 78.2 Å². The summed E-state index contributed by atoms with van der Waals surface area (Å²) in [5.74, 6) is -1.94. The van der Waals surface area contributed by atoms with Crippen LogP contribution in [-0.2, 0) is 19.2 Å². The molecular formula is C21H21N7O5S3. The van der Waals surface area contributed by atoms with Crippen molar-refractivity contribution in [3.63, 3.8) is 0 Å². The smallest absolute Gasteiger partial charge is 0.316 e. The average Bonchev–Trinajstić information content (AvgIpc) is 3.31. The maximum Gasteiger partial charge on any atom is 0.316 e. The number of oxime groups is 1. The molecule has 15 heteroatoms. The summed E-state index contributed by atoms with van der Waals surface area (Å²) in [5.41, 5.74) is 4.13. The van der Waals surface area contributed by atoms with E-state index >= 15 is 0 Å². The van der Waals surface area contributed by atoms with Crippen LogP contribution in [0.4, 0.5) is 5.13 Å². The van der Waals surface area contributed by atoms with E-state index in [9.17, 15) is 19.5 Å². The summed E-state index contributed by atoms with van der Waals surface area (Å²) in [4.78, 5) is 53.3. The van der Waals surface area contributed by atoms with Crippen molar-refractivity contribution >= 4 is 63.7 Å². The van der Waals surface area contributed by atoms with Gasteiger partial charge < -0.3 is 25.9 Å². The van der Waals surface area contributed by atoms with Gasteiger partial charge in [0.1, 0.15) is 23.4 Å². The molecule has 0 bridgehead atoms. The van der Waals surface area contributed by atoms with Gasteiger partial charge in [-0.3, -0.25) is 19.4 Å². The number of carbonyl (C=O) groups is 3. The van der Waals surface area contributed by atoms with Crippen LogP contribution in [0.15, 0.2) is 58.7 Å². The second-order valence-electron chi connectivity index (χ2n) is 7.67. The molecule has 2 unspecified atom stereocenters. The third-order valence-electron chi connectivity index (χ3n) is 5.26. The molecular weight excluding hydrogens is 526 g/mol. The lowest BCUT2D eigenvalue weighted by Crippen LogP contribution is -2.73. The predicted molar refractivity (Wildman–Crippen MR) is 136 cm³/mol. The number of pyridine rings is 1. The Balaban J connectivity index is 1.43. The molecule has 2 aromatic rings. The highest BCUT2D eigenvalue weighted by Gasteiger charge is 2.57. The zero-order valence-corrected chi connectivity index (χ0v) is 21.1. The summed E-state index contributed by atoms with van der Waals surface area (Å²) < 4.78 is 3.99. The second-order valence-corrected chi connectivity index (χ2v) is 10.5. The van der Waals surface area contributed by atoms with E-state index in [1.165, 1.54) is 34.5 Å². The summed E-state index contributed by atoms with van der Waals surface area (Å²) in [5, 5.41) is 17.8. The summed E-state index contributed by atoms with van der Waals surface area (Å²) in [6.45, 7) is 3.55. The third-order valence-corrected chi connectivity index (χ3v) is 8.14. The number of rotatable bonds is 10. The lowest BCUT2D eigenvalue weighted by molar-refractivity contribution is -0.156. The van der Waals surface area contributed by atoms with Crippen LogP contribution in [0.3, 0.4) is 0 Å². The summed E-state index contributed by atoms with van der Waals surface area (Å²) >= 11 is 3.52. The van der Waals surface area contributed by atoms with Crippen LogP contribution >= 0.6 is 35.1 Å². The summed E-state index contributed by atoms with van der Waals surface area (Å²) in [7, 11) is 0. The molecule has 36 heavy (non-hydrogen) atoms. The van der Waals surface area contributed by atoms with Crippen LogP contribution in [0.2, 0.25) is 0 Å². The fraction of sp³-hybridized carbons (Fsp3) is 0.286. The van der Waals surface area contributed by atoms with E-state index in [-0.39, 0.29) is 35.6 Å². The Morgan fingerprint density at radius 3 is 3.00 bits per heavy atom. The number of carboxylic acids is 1. The molecule has 4 N–H and O–H groups in total. The van der Waals surface area contributed by atoms with Crippen molar-refractivity contribution in [2.75, 3.05) is 24.6 Å². The van der Waals surface area contributed by atoms with E-state index in [4.69, 9.17) is 10.6 Å². The number of fused-ring (bicyclic) bond motifs is 1. The number of aromatic nitrogens is 3. The van der Waals surface area contributed by atoms with Crippen LogP contribution < -0.4 is 11.1 Å². The van der Waals surface area contributed by atoms with Gasteiger partial charge in [-0.15, -0.1) is 11.8 Å². The minimum atomic E-state index is -1.26. The maximum atomic E-state index is 12.9. The molecule has 2 aliphatic rings. The van der Waals surface area contributed by atoms with Crippen LogP contribution in [0, 0.1) is 5.41 Å². The average molecular weight is 548 g/mol. The number of carbonyl (C=O) groups excluding carboxylic acids is 2. The molecule has 0 aromatic carbocycles. The van der Waals surface area contributed by atoms with Gasteiger partial charge in [0.2, 0.25) is 17.4 Å². The number of carboxylic acid groups (broad SMARTS) is 1. The summed E-state index contributed by atoms with van der Waals surface area (Å²) in [6, 6.07) is 2.80. The Bertz CT molecular complexity index is 1220. The molecule has 188 valence electrons. The van der Waals surface area contributed by atoms with Crippen molar-refractivity contribution in [3.05, 3.63) is 54.5 Å². The molecule has 2 aromatic heterocycles. The Morgan fingerprint density at radius 2 is 2.33 bits per heavy atom. The lowest BCUT2D eigenvalue weighted by Gasteiger charge is -2.53. The first-order chi connectivity index (χ1) is 17.3. The fourth-order valence-corrected chi connectivity index (χ4v) is 6.15. The molecule has 3 atom stereocenters. The van der Waals surface area contributed by atoms with Crippen molar-refractivity contribution < 1.29 is 24.3 Å². The van der Waals surface area contributed by atoms with Gasteiger partial charge in [0.15, 0.2) is 5.13 Å². The first-order valence-electron chi connectivity index (χ1n) is 10.5. The SMILES string of the molecule is C=CCON=C(C(=O)NC1C(=O)N2CC(C=CSc3cccnc3)(C(=O)O)CS[C@H]12)c1nsc(N)n1. The van der Waals surface area contributed by atoms with Gasteiger partial charge in [-0.25, -0.2) is 0 Å². The quantitative estimate of drug-likeness (QED) is 0.0974. The number of nitrogens with one attached hydrogen (secondary N) is 1. The standard InChI is InChI=1S/C21H21N7O5S3/c1-2-7-33-26-13(15-25-20(22)36-27-15)16(29)24-14-17(30)28-10-21(19(31)32,11-35-18(14)28)5-8-34-12-4-3-6-23-9-12/h2-6,8-9,14,18H,1,7,10-11H2,(H,24,29)(H,31,32)(H2,22,25,27)/t14?,18-,21?/m1/s1. The zero-order valence-electron chi connectivity index (χ0n) is 18.6. The number of aliphatic carboxylic acids is 1. The van der Waals surface area contributed by atoms with Crippen LogP contribution in [0.1, 0.15) is 5.82 Å². The number of hydrogen-bond acceptors (Lipinski definition) is 12. The first-order valence-corrected chi connectivity index (χ1v) is 13.2. The number of thioether (sulfide) groups is 2. The van der Waals surface area contributed by atoms with Gasteiger partial charge in [-0.1, -0.05) is 35.6 Å². The first kappa shape index (κ1) is 25.7. The highest BCUT2D eigenvalue weighted by Crippen LogP contribution is 2.43. The third kappa shape index (κ3) is 5.37. The van der Waals surface area contributed by atoms with E-state index in [1.54, 1.807) is 29.9 Å². The van der Waals surface area contributed by atoms with E-state index in [0.29, 0.717) is 0 Å².